The van der Waals surface area contributed by atoms with Gasteiger partial charge in [-0.2, -0.15) is 0 Å². The van der Waals surface area contributed by atoms with Gasteiger partial charge >= 0.3 is 0 Å². The Labute approximate surface area is 526 Å². The summed E-state index contributed by atoms with van der Waals surface area (Å²) in [4.78, 5) is 161. The standard InChI is InChI=1S/C64H94N14O12/c1-38(2)33-47-58(84)76-51(36-41-19-9-6-10-20-41)64(90)78-32-16-24-52(78)62(88)75-48(34-40-17-7-5-8-18-40)59(85)69-45(22-12-14-30-66)56(82)74-50(37-53(68)80)60(86)70-44(21-11-13-29-65)55(81)73-49(35-42-25-27-43(79)28-26-42)61(87)77-54(39(3)4)63(89)71-46(23-15-31-67)57(83)72-47/h5-10,17-20,25-28,38-39,44-52,54,79H,11-16,21-24,29-37,65-67H2,1-4H3,(H2,68,80)(H,69,85)(H,70,86)(H,71,89)(H,72,83)(H,73,81)(H,74,82)(H,75,88)(H,76,84)(H,77,87)/t44-,45+,46-,47-,48-,49-,50-,51+,52-,54-/m0/s1. The van der Waals surface area contributed by atoms with Crippen LogP contribution in [-0.2, 0) is 72.0 Å². The highest BCUT2D eigenvalue weighted by Crippen LogP contribution is 2.22. The minimum absolute atomic E-state index is 0.000398. The summed E-state index contributed by atoms with van der Waals surface area (Å²) in [5, 5.41) is 34.8. The fourth-order valence-corrected chi connectivity index (χ4v) is 10.9. The van der Waals surface area contributed by atoms with Gasteiger partial charge in [0.15, 0.2) is 0 Å². The minimum Gasteiger partial charge on any atom is -0.508 e. The van der Waals surface area contributed by atoms with Gasteiger partial charge in [-0.15, -0.1) is 0 Å². The number of benzene rings is 3. The van der Waals surface area contributed by atoms with Crippen molar-refractivity contribution in [3.05, 3.63) is 102 Å². The van der Waals surface area contributed by atoms with Crippen molar-refractivity contribution in [2.75, 3.05) is 26.2 Å². The quantitative estimate of drug-likeness (QED) is 0.0557. The summed E-state index contributed by atoms with van der Waals surface area (Å²) in [6.07, 6.45) is 1.05. The van der Waals surface area contributed by atoms with Gasteiger partial charge in [0.1, 0.15) is 66.2 Å². The van der Waals surface area contributed by atoms with Crippen LogP contribution in [0.5, 0.6) is 5.75 Å². The Bertz CT molecular complexity index is 2880. The molecule has 2 heterocycles. The summed E-state index contributed by atoms with van der Waals surface area (Å²) in [7, 11) is 0. The molecule has 3 aromatic rings. The number of nitrogens with zero attached hydrogens (tertiary/aromatic N) is 1. The van der Waals surface area contributed by atoms with Crippen LogP contribution in [0.3, 0.4) is 0 Å². The summed E-state index contributed by atoms with van der Waals surface area (Å²) >= 11 is 0. The second-order valence-electron chi connectivity index (χ2n) is 24.0. The first-order valence-corrected chi connectivity index (χ1v) is 31.3. The average molecular weight is 1250 g/mol. The Morgan fingerprint density at radius 2 is 0.856 bits per heavy atom. The van der Waals surface area contributed by atoms with E-state index in [1.165, 1.54) is 29.2 Å². The molecule has 0 spiro atoms. The lowest BCUT2D eigenvalue weighted by atomic mass is 9.98. The first kappa shape index (κ1) is 72.3. The maximum Gasteiger partial charge on any atom is 0.246 e. The van der Waals surface area contributed by atoms with E-state index in [2.05, 4.69) is 47.9 Å². The van der Waals surface area contributed by atoms with Crippen molar-refractivity contribution < 1.29 is 57.8 Å². The highest BCUT2D eigenvalue weighted by atomic mass is 16.3. The second-order valence-corrected chi connectivity index (χ2v) is 24.0. The Morgan fingerprint density at radius 3 is 1.34 bits per heavy atom. The fourth-order valence-electron chi connectivity index (χ4n) is 10.9. The van der Waals surface area contributed by atoms with Crippen molar-refractivity contribution in [2.45, 2.75) is 184 Å². The number of fused-ring (bicyclic) bond motifs is 1. The highest BCUT2D eigenvalue weighted by Gasteiger charge is 2.42. The van der Waals surface area contributed by atoms with Crippen molar-refractivity contribution in [3.63, 3.8) is 0 Å². The number of carbonyl (C=O) groups is 11. The number of phenols is 1. The summed E-state index contributed by atoms with van der Waals surface area (Å²) in [6.45, 7) is 7.61. The number of nitrogens with two attached hydrogens (primary N) is 4. The molecule has 2 fully saturated rings. The van der Waals surface area contributed by atoms with Crippen LogP contribution in [0.1, 0.15) is 121 Å². The van der Waals surface area contributed by atoms with Crippen LogP contribution in [0.4, 0.5) is 0 Å². The van der Waals surface area contributed by atoms with Crippen molar-refractivity contribution >= 4 is 65.0 Å². The normalized spacial score (nSPS) is 24.3. The van der Waals surface area contributed by atoms with Gasteiger partial charge in [0, 0.05) is 25.8 Å². The highest BCUT2D eigenvalue weighted by molar-refractivity contribution is 6.00. The molecule has 0 bridgehead atoms. The molecule has 0 aliphatic carbocycles. The van der Waals surface area contributed by atoms with Gasteiger partial charge in [0.2, 0.25) is 65.0 Å². The van der Waals surface area contributed by atoms with Gasteiger partial charge in [0.25, 0.3) is 0 Å². The second kappa shape index (κ2) is 36.9. The fraction of sp³-hybridized carbons (Fsp3) is 0.547. The first-order chi connectivity index (χ1) is 43.0. The van der Waals surface area contributed by atoms with Crippen molar-refractivity contribution in [2.24, 2.45) is 34.8 Å². The lowest BCUT2D eigenvalue weighted by molar-refractivity contribution is -0.142. The number of unbranched alkanes of at least 4 members (excludes halogenated alkanes) is 2. The zero-order valence-corrected chi connectivity index (χ0v) is 52.1. The van der Waals surface area contributed by atoms with E-state index < -0.39 is 138 Å². The van der Waals surface area contributed by atoms with E-state index in [0.29, 0.717) is 42.4 Å². The molecule has 26 heteroatoms. The Morgan fingerprint density at radius 1 is 0.467 bits per heavy atom. The molecule has 2 aliphatic rings. The maximum absolute atomic E-state index is 15.1. The zero-order valence-electron chi connectivity index (χ0n) is 52.1. The van der Waals surface area contributed by atoms with Gasteiger partial charge < -0.3 is 80.8 Å². The van der Waals surface area contributed by atoms with E-state index in [1.54, 1.807) is 74.5 Å². The predicted molar refractivity (Wildman–Crippen MR) is 336 cm³/mol. The SMILES string of the molecule is CC(C)C[C@@H]1NC(=O)[C@H](CCCN)NC(=O)[C@H](C(C)C)NC(=O)[C@H](Cc2ccc(O)cc2)NC(=O)[C@H](CCCCN)NC(=O)[C@H](CC(N)=O)NC(=O)[C@@H](CCCCN)NC(=O)[C@H](Cc2ccccc2)NC(=O)[C@@H]2CCCN2C(=O)[C@@H](Cc2ccccc2)NC1=O. The van der Waals surface area contributed by atoms with Crippen LogP contribution in [0.2, 0.25) is 0 Å². The first-order valence-electron chi connectivity index (χ1n) is 31.3. The van der Waals surface area contributed by atoms with Crippen LogP contribution < -0.4 is 70.8 Å². The van der Waals surface area contributed by atoms with E-state index in [4.69, 9.17) is 22.9 Å². The number of rotatable bonds is 22. The molecule has 0 saturated carbocycles. The number of primary amides is 1. The molecule has 2 saturated heterocycles. The van der Waals surface area contributed by atoms with Crippen LogP contribution in [-0.4, -0.2) is 162 Å². The number of carbonyl (C=O) groups excluding carboxylic acids is 11. The largest absolute Gasteiger partial charge is 0.508 e. The van der Waals surface area contributed by atoms with Crippen molar-refractivity contribution in [3.8, 4) is 5.75 Å². The van der Waals surface area contributed by atoms with E-state index >= 15 is 4.79 Å². The van der Waals surface area contributed by atoms with Crippen LogP contribution in [0.15, 0.2) is 84.9 Å². The summed E-state index contributed by atoms with van der Waals surface area (Å²) in [5.74, 6) is -10.1. The number of hydrogen-bond acceptors (Lipinski definition) is 15. The van der Waals surface area contributed by atoms with Crippen LogP contribution in [0.25, 0.3) is 0 Å². The molecule has 5 rings (SSSR count). The van der Waals surface area contributed by atoms with E-state index in [9.17, 15) is 53.1 Å². The predicted octanol–water partition coefficient (Wildman–Crippen LogP) is -0.638. The number of phenolic OH excluding ortho intramolecular Hbond substituents is 1. The van der Waals surface area contributed by atoms with Crippen molar-refractivity contribution in [1.82, 2.24) is 52.8 Å². The zero-order chi connectivity index (χ0) is 65.9. The molecular formula is C64H94N14O12. The lowest BCUT2D eigenvalue weighted by Crippen LogP contribution is -2.62. The molecule has 2 aliphatic heterocycles. The molecule has 3 aromatic carbocycles. The Kier molecular flexibility index (Phi) is 29.6. The Balaban J connectivity index is 1.64. The molecule has 18 N–H and O–H groups in total. The number of aromatic hydroxyl groups is 1. The minimum atomic E-state index is -1.73. The third kappa shape index (κ3) is 23.1. The molecule has 0 aromatic heterocycles. The van der Waals surface area contributed by atoms with Crippen LogP contribution in [0, 0.1) is 11.8 Å². The van der Waals surface area contributed by atoms with Gasteiger partial charge in [0.05, 0.1) is 6.42 Å². The third-order valence-corrected chi connectivity index (χ3v) is 15.8. The molecule has 11 amide bonds. The van der Waals surface area contributed by atoms with E-state index in [-0.39, 0.29) is 102 Å². The average Bonchev–Trinajstić information content (AvgIpc) is 1.87. The van der Waals surface area contributed by atoms with Gasteiger partial charge in [-0.25, -0.2) is 0 Å². The monoisotopic (exact) mass is 1250 g/mol. The Hall–Kier alpha value is -8.49. The molecule has 26 nitrogen and oxygen atoms in total. The third-order valence-electron chi connectivity index (χ3n) is 15.8. The van der Waals surface area contributed by atoms with Gasteiger partial charge in [-0.05, 0) is 131 Å². The molecule has 90 heavy (non-hydrogen) atoms. The van der Waals surface area contributed by atoms with Gasteiger partial charge in [-0.1, -0.05) is 100 Å². The smallest absolute Gasteiger partial charge is 0.246 e. The van der Waals surface area contributed by atoms with Crippen LogP contribution >= 0.6 is 0 Å². The van der Waals surface area contributed by atoms with Crippen molar-refractivity contribution in [1.29, 1.82) is 0 Å². The summed E-state index contributed by atoms with van der Waals surface area (Å²) < 4.78 is 0. The van der Waals surface area contributed by atoms with Gasteiger partial charge in [-0.3, -0.25) is 52.7 Å². The summed E-state index contributed by atoms with van der Waals surface area (Å²) in [5.41, 5.74) is 25.0. The summed E-state index contributed by atoms with van der Waals surface area (Å²) in [6, 6.07) is 9.63. The number of nitrogens with one attached hydrogen (secondary N) is 9. The molecule has 10 atom stereocenters. The molecule has 0 unspecified atom stereocenters. The molecular weight excluding hydrogens is 1160 g/mol. The molecule has 492 valence electrons. The topological polar surface area (TPSA) is 424 Å². The van der Waals surface area contributed by atoms with E-state index in [0.717, 1.165) is 0 Å². The molecule has 0 radical (unpaired) electrons. The van der Waals surface area contributed by atoms with E-state index in [1.807, 2.05) is 13.8 Å². The number of hydrogen-bond donors (Lipinski definition) is 14. The number of amides is 11. The lowest BCUT2D eigenvalue weighted by Gasteiger charge is -2.32. The maximum atomic E-state index is 15.1.